The van der Waals surface area contributed by atoms with Gasteiger partial charge in [0.15, 0.2) is 5.65 Å². The van der Waals surface area contributed by atoms with Crippen LogP contribution in [0.5, 0.6) is 5.75 Å². The highest BCUT2D eigenvalue weighted by Gasteiger charge is 2.34. The fourth-order valence-corrected chi connectivity index (χ4v) is 4.78. The number of hydrogen-bond donors (Lipinski definition) is 2. The summed E-state index contributed by atoms with van der Waals surface area (Å²) in [5, 5.41) is 25.2. The molecule has 2 aromatic heterocycles. The van der Waals surface area contributed by atoms with Crippen LogP contribution < -0.4 is 10.5 Å². The van der Waals surface area contributed by atoms with Gasteiger partial charge in [-0.15, -0.1) is 0 Å². The summed E-state index contributed by atoms with van der Waals surface area (Å²) in [5.74, 6) is 1.22. The van der Waals surface area contributed by atoms with E-state index in [1.165, 1.54) is 6.33 Å². The van der Waals surface area contributed by atoms with E-state index >= 15 is 0 Å². The van der Waals surface area contributed by atoms with Gasteiger partial charge in [-0.3, -0.25) is 4.90 Å². The molecule has 1 aliphatic heterocycles. The van der Waals surface area contributed by atoms with Crippen LogP contribution in [0.4, 0.5) is 5.82 Å². The lowest BCUT2D eigenvalue weighted by Gasteiger charge is -2.41. The molecular weight excluding hydrogens is 430 g/mol. The summed E-state index contributed by atoms with van der Waals surface area (Å²) in [4.78, 5) is 10.6. The van der Waals surface area contributed by atoms with Crippen molar-refractivity contribution in [1.82, 2.24) is 24.6 Å². The number of aliphatic hydroxyl groups excluding tert-OH is 1. The largest absolute Gasteiger partial charge is 0.496 e. The lowest BCUT2D eigenvalue weighted by Crippen LogP contribution is -2.48. The first-order valence-corrected chi connectivity index (χ1v) is 10.8. The van der Waals surface area contributed by atoms with Crippen LogP contribution in [-0.4, -0.2) is 62.6 Å². The first-order chi connectivity index (χ1) is 15.3. The first kappa shape index (κ1) is 22.3. The van der Waals surface area contributed by atoms with Gasteiger partial charge in [-0.05, 0) is 31.9 Å². The maximum absolute atomic E-state index is 9.76. The lowest BCUT2D eigenvalue weighted by molar-refractivity contribution is 0.0733. The third-order valence-corrected chi connectivity index (χ3v) is 6.17. The van der Waals surface area contributed by atoms with Crippen LogP contribution in [0.15, 0.2) is 12.4 Å². The molecule has 1 aromatic carbocycles. The number of nitriles is 1. The zero-order valence-electron chi connectivity index (χ0n) is 18.3. The predicted octanol–water partition coefficient (Wildman–Crippen LogP) is 2.27. The van der Waals surface area contributed by atoms with E-state index in [9.17, 15) is 10.4 Å². The molecule has 1 atom stereocenters. The van der Waals surface area contributed by atoms with Crippen LogP contribution >= 0.6 is 11.6 Å². The molecule has 0 amide bonds. The summed E-state index contributed by atoms with van der Waals surface area (Å²) in [5.41, 5.74) is 9.66. The summed E-state index contributed by atoms with van der Waals surface area (Å²) in [6, 6.07) is 4.05. The second-order valence-electron chi connectivity index (χ2n) is 8.23. The molecule has 4 rings (SSSR count). The maximum Gasteiger partial charge on any atom is 0.163 e. The van der Waals surface area contributed by atoms with Crippen molar-refractivity contribution in [3.63, 3.8) is 0 Å². The van der Waals surface area contributed by atoms with Gasteiger partial charge in [-0.25, -0.2) is 14.6 Å². The van der Waals surface area contributed by atoms with E-state index in [1.807, 2.05) is 11.6 Å². The highest BCUT2D eigenvalue weighted by molar-refractivity contribution is 6.32. The summed E-state index contributed by atoms with van der Waals surface area (Å²) >= 11 is 6.52. The summed E-state index contributed by atoms with van der Waals surface area (Å²) in [7, 11) is 1.62. The number of aryl methyl sites for hydroxylation is 3. The Bertz CT molecular complexity index is 1200. The van der Waals surface area contributed by atoms with E-state index in [0.717, 1.165) is 35.3 Å². The van der Waals surface area contributed by atoms with Crippen LogP contribution in [0.2, 0.25) is 5.02 Å². The summed E-state index contributed by atoms with van der Waals surface area (Å²) in [6.45, 7) is 6.28. The second-order valence-corrected chi connectivity index (χ2v) is 8.64. The number of fused-ring (bicyclic) bond motifs is 1. The van der Waals surface area contributed by atoms with E-state index in [4.69, 9.17) is 22.1 Å². The van der Waals surface area contributed by atoms with Crippen LogP contribution in [0.25, 0.3) is 11.0 Å². The van der Waals surface area contributed by atoms with E-state index in [-0.39, 0.29) is 5.92 Å². The van der Waals surface area contributed by atoms with Crippen molar-refractivity contribution in [2.75, 3.05) is 32.5 Å². The summed E-state index contributed by atoms with van der Waals surface area (Å²) in [6.07, 6.45) is 1.63. The van der Waals surface area contributed by atoms with Gasteiger partial charge in [0.25, 0.3) is 0 Å². The maximum atomic E-state index is 9.76. The molecule has 0 bridgehead atoms. The molecule has 1 saturated heterocycles. The van der Waals surface area contributed by atoms with Crippen molar-refractivity contribution >= 4 is 28.5 Å². The number of nitrogens with two attached hydrogens (primary N) is 1. The van der Waals surface area contributed by atoms with E-state index in [1.54, 1.807) is 20.1 Å². The van der Waals surface area contributed by atoms with Gasteiger partial charge in [0.2, 0.25) is 0 Å². The SMILES string of the molecule is COc1c(CCn2nc(C)c3c(N)ncnc32)cc(Cl)c(C#N)c1C1CN(C[C@H](C)O)C1. The smallest absolute Gasteiger partial charge is 0.163 e. The molecule has 3 aromatic rings. The van der Waals surface area contributed by atoms with Gasteiger partial charge < -0.3 is 15.6 Å². The zero-order chi connectivity index (χ0) is 23.0. The molecule has 0 saturated carbocycles. The minimum Gasteiger partial charge on any atom is -0.496 e. The number of benzene rings is 1. The highest BCUT2D eigenvalue weighted by atomic mass is 35.5. The minimum absolute atomic E-state index is 0.121. The molecule has 3 N–H and O–H groups in total. The van der Waals surface area contributed by atoms with Gasteiger partial charge >= 0.3 is 0 Å². The second kappa shape index (κ2) is 8.90. The molecule has 9 nitrogen and oxygen atoms in total. The Morgan fingerprint density at radius 1 is 1.41 bits per heavy atom. The Morgan fingerprint density at radius 3 is 2.81 bits per heavy atom. The number of hydrogen-bond acceptors (Lipinski definition) is 8. The number of nitrogens with zero attached hydrogens (tertiary/aromatic N) is 6. The van der Waals surface area contributed by atoms with Gasteiger partial charge in [0.05, 0.1) is 34.9 Å². The molecule has 3 heterocycles. The third-order valence-electron chi connectivity index (χ3n) is 5.88. The highest BCUT2D eigenvalue weighted by Crippen LogP contribution is 2.41. The molecule has 32 heavy (non-hydrogen) atoms. The molecule has 1 fully saturated rings. The molecule has 168 valence electrons. The normalized spacial score (nSPS) is 15.5. The van der Waals surface area contributed by atoms with Crippen molar-refractivity contribution in [3.05, 3.63) is 39.8 Å². The quantitative estimate of drug-likeness (QED) is 0.555. The van der Waals surface area contributed by atoms with E-state index in [0.29, 0.717) is 47.3 Å². The van der Waals surface area contributed by atoms with Gasteiger partial charge in [0.1, 0.15) is 24.0 Å². The van der Waals surface area contributed by atoms with Crippen molar-refractivity contribution in [2.45, 2.75) is 38.8 Å². The van der Waals surface area contributed by atoms with Gasteiger partial charge in [-0.2, -0.15) is 10.4 Å². The van der Waals surface area contributed by atoms with Crippen LogP contribution in [-0.2, 0) is 13.0 Å². The van der Waals surface area contributed by atoms with Crippen molar-refractivity contribution in [2.24, 2.45) is 0 Å². The van der Waals surface area contributed by atoms with Crippen LogP contribution in [0.1, 0.15) is 35.2 Å². The molecule has 1 aliphatic rings. The first-order valence-electron chi connectivity index (χ1n) is 10.5. The monoisotopic (exact) mass is 455 g/mol. The Hall–Kier alpha value is -2.93. The topological polar surface area (TPSA) is 126 Å². The van der Waals surface area contributed by atoms with Gasteiger partial charge in [-0.1, -0.05) is 11.6 Å². The third kappa shape index (κ3) is 3.97. The number of anilines is 1. The number of halogens is 1. The molecule has 0 radical (unpaired) electrons. The van der Waals surface area contributed by atoms with Crippen molar-refractivity contribution < 1.29 is 9.84 Å². The minimum atomic E-state index is -0.395. The Kier molecular flexibility index (Phi) is 6.20. The Morgan fingerprint density at radius 2 is 2.16 bits per heavy atom. The fourth-order valence-electron chi connectivity index (χ4n) is 4.50. The van der Waals surface area contributed by atoms with E-state index < -0.39 is 6.10 Å². The number of aliphatic hydroxyl groups is 1. The molecule has 0 unspecified atom stereocenters. The van der Waals surface area contributed by atoms with Crippen LogP contribution in [0, 0.1) is 18.3 Å². The molecule has 0 spiro atoms. The number of nitrogen functional groups attached to an aromatic ring is 1. The molecular formula is C22H26ClN7O2. The Labute approximate surface area is 191 Å². The molecule has 0 aliphatic carbocycles. The fraction of sp³-hybridized carbons (Fsp3) is 0.455. The van der Waals surface area contributed by atoms with Crippen molar-refractivity contribution in [3.8, 4) is 11.8 Å². The molecule has 10 heteroatoms. The standard InChI is InChI=1S/C22H26ClN7O2/c1-12(31)8-29-9-15(10-29)19-16(7-24)17(23)6-14(20(19)32-3)4-5-30-22-18(13(2)28-30)21(25)26-11-27-22/h6,11-12,15,31H,4-5,8-10H2,1-3H3,(H2,25,26,27)/t12-/m0/s1. The van der Waals surface area contributed by atoms with Crippen molar-refractivity contribution in [1.29, 1.82) is 5.26 Å². The lowest BCUT2D eigenvalue weighted by atomic mass is 9.85. The number of rotatable bonds is 7. The predicted molar refractivity (Wildman–Crippen MR) is 122 cm³/mol. The average molecular weight is 456 g/mol. The zero-order valence-corrected chi connectivity index (χ0v) is 19.1. The van der Waals surface area contributed by atoms with Crippen LogP contribution in [0.3, 0.4) is 0 Å². The number of aromatic nitrogens is 4. The summed E-state index contributed by atoms with van der Waals surface area (Å²) < 4.78 is 7.60. The average Bonchev–Trinajstić information content (AvgIpc) is 3.05. The number of ether oxygens (including phenoxy) is 1. The van der Waals surface area contributed by atoms with E-state index in [2.05, 4.69) is 26.0 Å². The number of β-amino-alcohol motifs (C(OH)–C–C–N with tert-alkyl or cyclic N) is 1. The number of methoxy groups -OCH3 is 1. The number of likely N-dealkylation sites (tertiary alicyclic amines) is 1. The van der Waals surface area contributed by atoms with Gasteiger partial charge in [0, 0.05) is 37.7 Å². The Balaban J connectivity index is 1.65.